The van der Waals surface area contributed by atoms with Crippen LogP contribution in [0.3, 0.4) is 0 Å². The van der Waals surface area contributed by atoms with E-state index in [1.165, 1.54) is 37.0 Å². The van der Waals surface area contributed by atoms with Gasteiger partial charge >= 0.3 is 0 Å². The summed E-state index contributed by atoms with van der Waals surface area (Å²) in [7, 11) is 0. The Bertz CT molecular complexity index is 1020. The SMILES string of the molecule is CC(C)c1ccccc1C(Cc1csc(N2CCCCC2)n1)C(=O)c1ccc(F)cc1. The van der Waals surface area contributed by atoms with E-state index in [1.807, 2.05) is 12.1 Å². The average molecular weight is 437 g/mol. The van der Waals surface area contributed by atoms with Gasteiger partial charge in [-0.15, -0.1) is 11.3 Å². The van der Waals surface area contributed by atoms with Crippen molar-refractivity contribution in [2.24, 2.45) is 0 Å². The molecule has 3 nitrogen and oxygen atoms in total. The molecule has 1 aliphatic heterocycles. The minimum absolute atomic E-state index is 0.0145. The number of carbonyl (C=O) groups excluding carboxylic acids is 1. The third-order valence-corrected chi connectivity index (χ3v) is 6.97. The fraction of sp³-hybridized carbons (Fsp3) is 0.385. The van der Waals surface area contributed by atoms with Crippen LogP contribution in [0.5, 0.6) is 0 Å². The molecule has 1 saturated heterocycles. The van der Waals surface area contributed by atoms with E-state index >= 15 is 0 Å². The maximum absolute atomic E-state index is 13.6. The summed E-state index contributed by atoms with van der Waals surface area (Å²) < 4.78 is 13.4. The molecule has 1 unspecified atom stereocenters. The Morgan fingerprint density at radius 1 is 1.03 bits per heavy atom. The molecule has 4 rings (SSSR count). The van der Waals surface area contributed by atoms with Gasteiger partial charge in [0.2, 0.25) is 0 Å². The van der Waals surface area contributed by atoms with Gasteiger partial charge in [-0.25, -0.2) is 9.37 Å². The zero-order chi connectivity index (χ0) is 21.8. The van der Waals surface area contributed by atoms with Gasteiger partial charge in [-0.2, -0.15) is 0 Å². The molecule has 0 amide bonds. The summed E-state index contributed by atoms with van der Waals surface area (Å²) in [6.45, 7) is 6.41. The highest BCUT2D eigenvalue weighted by Crippen LogP contribution is 2.33. The number of hydrogen-bond donors (Lipinski definition) is 0. The minimum atomic E-state index is -0.347. The number of aromatic nitrogens is 1. The number of piperidine rings is 1. The van der Waals surface area contributed by atoms with E-state index in [9.17, 15) is 9.18 Å². The Balaban J connectivity index is 1.67. The van der Waals surface area contributed by atoms with Crippen LogP contribution in [0.25, 0.3) is 0 Å². The molecular weight excluding hydrogens is 407 g/mol. The van der Waals surface area contributed by atoms with E-state index in [1.54, 1.807) is 23.5 Å². The Hall–Kier alpha value is -2.53. The van der Waals surface area contributed by atoms with Crippen LogP contribution < -0.4 is 4.90 Å². The van der Waals surface area contributed by atoms with Crippen LogP contribution in [0.2, 0.25) is 0 Å². The van der Waals surface area contributed by atoms with Gasteiger partial charge in [0.05, 0.1) is 11.6 Å². The van der Waals surface area contributed by atoms with Crippen molar-refractivity contribution in [1.82, 2.24) is 4.98 Å². The molecule has 3 aromatic rings. The topological polar surface area (TPSA) is 33.2 Å². The third kappa shape index (κ3) is 5.04. The normalized spacial score (nSPS) is 15.3. The molecule has 0 aliphatic carbocycles. The molecule has 2 aromatic carbocycles. The summed E-state index contributed by atoms with van der Waals surface area (Å²) in [6.07, 6.45) is 4.25. The summed E-state index contributed by atoms with van der Waals surface area (Å²) >= 11 is 1.67. The van der Waals surface area contributed by atoms with Gasteiger partial charge in [0.25, 0.3) is 0 Å². The molecule has 0 bridgehead atoms. The Morgan fingerprint density at radius 2 is 1.71 bits per heavy atom. The lowest BCUT2D eigenvalue weighted by Gasteiger charge is -2.26. The number of anilines is 1. The van der Waals surface area contributed by atoms with Gasteiger partial charge in [0.1, 0.15) is 5.82 Å². The number of thiazole rings is 1. The molecule has 0 radical (unpaired) electrons. The number of nitrogens with zero attached hydrogens (tertiary/aromatic N) is 2. The first kappa shape index (κ1) is 21.7. The summed E-state index contributed by atoms with van der Waals surface area (Å²) in [6, 6.07) is 14.1. The molecular formula is C26H29FN2OS. The van der Waals surface area contributed by atoms with Crippen molar-refractivity contribution in [3.05, 3.63) is 82.1 Å². The molecule has 1 aliphatic rings. The van der Waals surface area contributed by atoms with Crippen LogP contribution in [0.1, 0.15) is 72.1 Å². The summed E-state index contributed by atoms with van der Waals surface area (Å²) in [5.41, 5.74) is 3.70. The molecule has 0 N–H and O–H groups in total. The van der Waals surface area contributed by atoms with Crippen LogP contribution in [0.4, 0.5) is 9.52 Å². The van der Waals surface area contributed by atoms with Crippen molar-refractivity contribution in [3.63, 3.8) is 0 Å². The van der Waals surface area contributed by atoms with Crippen molar-refractivity contribution in [1.29, 1.82) is 0 Å². The van der Waals surface area contributed by atoms with Crippen LogP contribution in [0.15, 0.2) is 53.9 Å². The predicted octanol–water partition coefficient (Wildman–Crippen LogP) is 6.61. The molecule has 1 aromatic heterocycles. The van der Waals surface area contributed by atoms with Gasteiger partial charge in [-0.3, -0.25) is 4.79 Å². The smallest absolute Gasteiger partial charge is 0.185 e. The largest absolute Gasteiger partial charge is 0.348 e. The minimum Gasteiger partial charge on any atom is -0.348 e. The van der Waals surface area contributed by atoms with Crippen molar-refractivity contribution < 1.29 is 9.18 Å². The first-order valence-electron chi connectivity index (χ1n) is 11.1. The van der Waals surface area contributed by atoms with Crippen molar-refractivity contribution >= 4 is 22.3 Å². The first-order valence-corrected chi connectivity index (χ1v) is 12.0. The van der Waals surface area contributed by atoms with Gasteiger partial charge < -0.3 is 4.90 Å². The fourth-order valence-corrected chi connectivity index (χ4v) is 5.23. The molecule has 1 fully saturated rings. The Morgan fingerprint density at radius 3 is 2.39 bits per heavy atom. The summed E-state index contributed by atoms with van der Waals surface area (Å²) in [5.74, 6) is -0.360. The van der Waals surface area contributed by atoms with Crippen LogP contribution in [0, 0.1) is 5.82 Å². The molecule has 31 heavy (non-hydrogen) atoms. The summed E-state index contributed by atoms with van der Waals surface area (Å²) in [4.78, 5) is 20.8. The number of rotatable bonds is 7. The van der Waals surface area contributed by atoms with E-state index in [0.29, 0.717) is 17.9 Å². The second-order valence-corrected chi connectivity index (χ2v) is 9.42. The second-order valence-electron chi connectivity index (χ2n) is 8.58. The number of Topliss-reactive ketones (excluding diaryl/α,β-unsaturated/α-hetero) is 1. The number of hydrogen-bond acceptors (Lipinski definition) is 4. The van der Waals surface area contributed by atoms with E-state index in [4.69, 9.17) is 4.98 Å². The van der Waals surface area contributed by atoms with Crippen LogP contribution in [-0.4, -0.2) is 23.9 Å². The number of benzene rings is 2. The van der Waals surface area contributed by atoms with Gasteiger partial charge in [-0.1, -0.05) is 38.1 Å². The number of ketones is 1. The molecule has 0 saturated carbocycles. The predicted molar refractivity (Wildman–Crippen MR) is 126 cm³/mol. The molecule has 162 valence electrons. The highest BCUT2D eigenvalue weighted by Gasteiger charge is 2.27. The monoisotopic (exact) mass is 436 g/mol. The highest BCUT2D eigenvalue weighted by atomic mass is 32.1. The quantitative estimate of drug-likeness (QED) is 0.391. The molecule has 5 heteroatoms. The van der Waals surface area contributed by atoms with Crippen molar-refractivity contribution in [2.45, 2.75) is 51.4 Å². The van der Waals surface area contributed by atoms with Crippen LogP contribution >= 0.6 is 11.3 Å². The number of halogens is 1. The first-order chi connectivity index (χ1) is 15.0. The van der Waals surface area contributed by atoms with Crippen LogP contribution in [-0.2, 0) is 6.42 Å². The van der Waals surface area contributed by atoms with E-state index in [0.717, 1.165) is 29.5 Å². The lowest BCUT2D eigenvalue weighted by Crippen LogP contribution is -2.29. The maximum Gasteiger partial charge on any atom is 0.185 e. The van der Waals surface area contributed by atoms with Gasteiger partial charge in [0, 0.05) is 30.5 Å². The fourth-order valence-electron chi connectivity index (χ4n) is 4.34. The van der Waals surface area contributed by atoms with Crippen molar-refractivity contribution in [3.8, 4) is 0 Å². The van der Waals surface area contributed by atoms with E-state index < -0.39 is 0 Å². The Kier molecular flexibility index (Phi) is 6.81. The van der Waals surface area contributed by atoms with E-state index in [2.05, 4.69) is 36.3 Å². The average Bonchev–Trinajstić information content (AvgIpc) is 3.27. The van der Waals surface area contributed by atoms with Gasteiger partial charge in [0.15, 0.2) is 10.9 Å². The highest BCUT2D eigenvalue weighted by molar-refractivity contribution is 7.13. The lowest BCUT2D eigenvalue weighted by molar-refractivity contribution is 0.0958. The molecule has 1 atom stereocenters. The van der Waals surface area contributed by atoms with Crippen molar-refractivity contribution in [2.75, 3.05) is 18.0 Å². The molecule has 0 spiro atoms. The van der Waals surface area contributed by atoms with E-state index in [-0.39, 0.29) is 17.5 Å². The third-order valence-electron chi connectivity index (χ3n) is 6.02. The second kappa shape index (κ2) is 9.73. The zero-order valence-corrected chi connectivity index (χ0v) is 19.0. The molecule has 2 heterocycles. The number of carbonyl (C=O) groups is 1. The Labute approximate surface area is 188 Å². The maximum atomic E-state index is 13.6. The zero-order valence-electron chi connectivity index (χ0n) is 18.2. The summed E-state index contributed by atoms with van der Waals surface area (Å²) in [5, 5.41) is 3.15. The lowest BCUT2D eigenvalue weighted by atomic mass is 9.82. The standard InChI is InChI=1S/C26H29FN2OS/c1-18(2)22-8-4-5-9-23(22)24(25(30)19-10-12-20(27)13-11-19)16-21-17-31-26(28-21)29-14-6-3-7-15-29/h4-5,8-13,17-18,24H,3,6-7,14-16H2,1-2H3. The van der Waals surface area contributed by atoms with Gasteiger partial charge in [-0.05, 0) is 60.6 Å².